The number of carbonyl (C=O) groups excluding carboxylic acids is 1. The minimum atomic E-state index is 0.0308. The summed E-state index contributed by atoms with van der Waals surface area (Å²) in [6.45, 7) is 5.48. The molecule has 4 rings (SSSR count). The summed E-state index contributed by atoms with van der Waals surface area (Å²) in [5.41, 5.74) is 1.59. The fourth-order valence-corrected chi connectivity index (χ4v) is 4.24. The van der Waals surface area contributed by atoms with E-state index in [9.17, 15) is 4.79 Å². The minimum Gasteiger partial charge on any atom is -0.369 e. The third kappa shape index (κ3) is 6.19. The average molecular weight is 467 g/mol. The number of halogens is 1. The maximum atomic E-state index is 12.8. The van der Waals surface area contributed by atoms with Crippen LogP contribution in [-0.2, 0) is 6.54 Å². The Bertz CT molecular complexity index is 1100. The first kappa shape index (κ1) is 23.4. The molecule has 3 aromatic rings. The fraction of sp³-hybridized carbons (Fsp3) is 0.400. The molecule has 7 nitrogen and oxygen atoms in total. The molecule has 1 N–H and O–H groups in total. The topological polar surface area (TPSA) is 64.6 Å². The molecule has 0 aliphatic carbocycles. The Balaban J connectivity index is 1.39. The van der Waals surface area contributed by atoms with Gasteiger partial charge in [-0.3, -0.25) is 9.69 Å². The van der Waals surface area contributed by atoms with E-state index in [2.05, 4.69) is 35.3 Å². The predicted molar refractivity (Wildman–Crippen MR) is 134 cm³/mol. The molecule has 1 aliphatic rings. The van der Waals surface area contributed by atoms with Crippen LogP contribution in [0.3, 0.4) is 0 Å². The number of carbonyl (C=O) groups is 1. The normalized spacial score (nSPS) is 14.7. The van der Waals surface area contributed by atoms with Crippen LogP contribution in [0.4, 0.5) is 5.82 Å². The van der Waals surface area contributed by atoms with Crippen molar-refractivity contribution in [3.05, 3.63) is 64.9 Å². The van der Waals surface area contributed by atoms with E-state index >= 15 is 0 Å². The maximum absolute atomic E-state index is 12.8. The van der Waals surface area contributed by atoms with E-state index in [1.165, 1.54) is 0 Å². The molecule has 1 fully saturated rings. The van der Waals surface area contributed by atoms with E-state index in [0.717, 1.165) is 55.1 Å². The van der Waals surface area contributed by atoms with Gasteiger partial charge in [0.05, 0.1) is 12.1 Å². The lowest BCUT2D eigenvalue weighted by molar-refractivity contribution is 0.0625. The highest BCUT2D eigenvalue weighted by atomic mass is 35.5. The molecule has 2 aromatic carbocycles. The minimum absolute atomic E-state index is 0.0308. The van der Waals surface area contributed by atoms with Crippen LogP contribution in [0.5, 0.6) is 0 Å². The molecule has 0 spiro atoms. The third-order valence-electron chi connectivity index (χ3n) is 5.82. The molecule has 1 aliphatic heterocycles. The average Bonchev–Trinajstić information content (AvgIpc) is 2.81. The van der Waals surface area contributed by atoms with Crippen LogP contribution < -0.4 is 5.32 Å². The van der Waals surface area contributed by atoms with Gasteiger partial charge in [0.2, 0.25) is 0 Å². The number of anilines is 1. The first-order valence-corrected chi connectivity index (χ1v) is 11.8. The van der Waals surface area contributed by atoms with E-state index < -0.39 is 0 Å². The van der Waals surface area contributed by atoms with Crippen molar-refractivity contribution < 1.29 is 4.79 Å². The van der Waals surface area contributed by atoms with E-state index in [-0.39, 0.29) is 5.91 Å². The molecule has 1 amide bonds. The molecule has 2 heterocycles. The summed E-state index contributed by atoms with van der Waals surface area (Å²) in [6, 6.07) is 15.3. The standard InChI is InChI=1S/C25H31ClN6O/c1-30(2)12-6-11-27-24-21-9-3-4-10-22(21)28-23(29-24)18-31-13-15-32(16-14-31)25(33)19-7-5-8-20(26)17-19/h3-5,7-10,17H,6,11-16,18H2,1-2H3,(H,27,28,29). The van der Waals surface area contributed by atoms with Crippen molar-refractivity contribution in [3.8, 4) is 0 Å². The summed E-state index contributed by atoms with van der Waals surface area (Å²) in [5, 5.41) is 5.13. The van der Waals surface area contributed by atoms with Gasteiger partial charge in [0.25, 0.3) is 5.91 Å². The van der Waals surface area contributed by atoms with Gasteiger partial charge in [-0.2, -0.15) is 0 Å². The summed E-state index contributed by atoms with van der Waals surface area (Å²) in [4.78, 5) is 28.8. The highest BCUT2D eigenvalue weighted by Gasteiger charge is 2.23. The number of nitrogens with zero attached hydrogens (tertiary/aromatic N) is 5. The Morgan fingerprint density at radius 3 is 2.61 bits per heavy atom. The summed E-state index contributed by atoms with van der Waals surface area (Å²) >= 11 is 6.05. The van der Waals surface area contributed by atoms with Gasteiger partial charge in [-0.05, 0) is 57.4 Å². The zero-order valence-electron chi connectivity index (χ0n) is 19.3. The van der Waals surface area contributed by atoms with Gasteiger partial charge < -0.3 is 15.1 Å². The Morgan fingerprint density at radius 1 is 1.06 bits per heavy atom. The van der Waals surface area contributed by atoms with Gasteiger partial charge in [-0.1, -0.05) is 29.8 Å². The number of hydrogen-bond donors (Lipinski definition) is 1. The molecular weight excluding hydrogens is 436 g/mol. The van der Waals surface area contributed by atoms with Crippen molar-refractivity contribution in [2.75, 3.05) is 58.7 Å². The van der Waals surface area contributed by atoms with Crippen molar-refractivity contribution in [3.63, 3.8) is 0 Å². The van der Waals surface area contributed by atoms with Crippen molar-refractivity contribution >= 4 is 34.2 Å². The number of aromatic nitrogens is 2. The van der Waals surface area contributed by atoms with Crippen LogP contribution in [0.15, 0.2) is 48.5 Å². The van der Waals surface area contributed by atoms with Crippen molar-refractivity contribution in [1.29, 1.82) is 0 Å². The summed E-state index contributed by atoms with van der Waals surface area (Å²) in [6.07, 6.45) is 1.04. The maximum Gasteiger partial charge on any atom is 0.253 e. The summed E-state index contributed by atoms with van der Waals surface area (Å²) in [5.74, 6) is 1.73. The Morgan fingerprint density at radius 2 is 1.85 bits per heavy atom. The number of rotatable bonds is 8. The summed E-state index contributed by atoms with van der Waals surface area (Å²) < 4.78 is 0. The molecular formula is C25H31ClN6O. The van der Waals surface area contributed by atoms with E-state index in [1.54, 1.807) is 12.1 Å². The lowest BCUT2D eigenvalue weighted by atomic mass is 10.2. The van der Waals surface area contributed by atoms with E-state index in [0.29, 0.717) is 30.2 Å². The number of hydrogen-bond acceptors (Lipinski definition) is 6. The van der Waals surface area contributed by atoms with E-state index in [4.69, 9.17) is 21.6 Å². The number of fused-ring (bicyclic) bond motifs is 1. The van der Waals surface area contributed by atoms with Crippen LogP contribution in [-0.4, -0.2) is 83.9 Å². The predicted octanol–water partition coefficient (Wildman–Crippen LogP) is 3.60. The highest BCUT2D eigenvalue weighted by Crippen LogP contribution is 2.21. The van der Waals surface area contributed by atoms with Crippen molar-refractivity contribution in [1.82, 2.24) is 24.7 Å². The smallest absolute Gasteiger partial charge is 0.253 e. The zero-order valence-corrected chi connectivity index (χ0v) is 20.1. The second-order valence-electron chi connectivity index (χ2n) is 8.67. The molecule has 0 radical (unpaired) electrons. The second-order valence-corrected chi connectivity index (χ2v) is 9.10. The number of piperazine rings is 1. The van der Waals surface area contributed by atoms with Crippen molar-refractivity contribution in [2.24, 2.45) is 0 Å². The third-order valence-corrected chi connectivity index (χ3v) is 6.06. The van der Waals surface area contributed by atoms with E-state index in [1.807, 2.05) is 35.2 Å². The first-order chi connectivity index (χ1) is 16.0. The Labute approximate surface area is 200 Å². The van der Waals surface area contributed by atoms with Gasteiger partial charge in [0.15, 0.2) is 0 Å². The lowest BCUT2D eigenvalue weighted by Crippen LogP contribution is -2.48. The van der Waals surface area contributed by atoms with Gasteiger partial charge in [-0.15, -0.1) is 0 Å². The quantitative estimate of drug-likeness (QED) is 0.512. The molecule has 1 saturated heterocycles. The molecule has 0 unspecified atom stereocenters. The molecule has 33 heavy (non-hydrogen) atoms. The van der Waals surface area contributed by atoms with Gasteiger partial charge in [0.1, 0.15) is 11.6 Å². The molecule has 0 atom stereocenters. The van der Waals surface area contributed by atoms with Gasteiger partial charge in [-0.25, -0.2) is 9.97 Å². The first-order valence-electron chi connectivity index (χ1n) is 11.4. The SMILES string of the molecule is CN(C)CCCNc1nc(CN2CCN(C(=O)c3cccc(Cl)c3)CC2)nc2ccccc12. The lowest BCUT2D eigenvalue weighted by Gasteiger charge is -2.34. The number of nitrogens with one attached hydrogen (secondary N) is 1. The largest absolute Gasteiger partial charge is 0.369 e. The Hall–Kier alpha value is -2.74. The molecule has 8 heteroatoms. The van der Waals surface area contributed by atoms with Crippen LogP contribution in [0.2, 0.25) is 5.02 Å². The second kappa shape index (κ2) is 10.9. The summed E-state index contributed by atoms with van der Waals surface area (Å²) in [7, 11) is 4.17. The Kier molecular flexibility index (Phi) is 7.75. The van der Waals surface area contributed by atoms with Crippen molar-refractivity contribution in [2.45, 2.75) is 13.0 Å². The van der Waals surface area contributed by atoms with Gasteiger partial charge >= 0.3 is 0 Å². The van der Waals surface area contributed by atoms with Crippen LogP contribution >= 0.6 is 11.6 Å². The van der Waals surface area contributed by atoms with Gasteiger partial charge in [0, 0.05) is 48.7 Å². The zero-order chi connectivity index (χ0) is 23.2. The molecule has 0 saturated carbocycles. The fourth-order valence-electron chi connectivity index (χ4n) is 4.05. The molecule has 0 bridgehead atoms. The molecule has 174 valence electrons. The number of benzene rings is 2. The van der Waals surface area contributed by atoms with Crippen LogP contribution in [0, 0.1) is 0 Å². The monoisotopic (exact) mass is 466 g/mol. The highest BCUT2D eigenvalue weighted by molar-refractivity contribution is 6.30. The number of para-hydroxylation sites is 1. The van der Waals surface area contributed by atoms with Crippen LogP contribution in [0.1, 0.15) is 22.6 Å². The number of amides is 1. The molecule has 1 aromatic heterocycles. The van der Waals surface area contributed by atoms with Crippen LogP contribution in [0.25, 0.3) is 10.9 Å².